The van der Waals surface area contributed by atoms with Crippen LogP contribution in [0.1, 0.15) is 19.3 Å². The molecule has 1 saturated heterocycles. The third-order valence-electron chi connectivity index (χ3n) is 1.81. The molecule has 0 unspecified atom stereocenters. The second kappa shape index (κ2) is 6.00. The van der Waals surface area contributed by atoms with Gasteiger partial charge in [0.2, 0.25) is 0 Å². The molecular weight excluding hydrogens is 153 g/mol. The number of carboxylic acids is 1. The summed E-state index contributed by atoms with van der Waals surface area (Å²) in [7, 11) is 0. The topological polar surface area (TPSA) is 40.5 Å². The van der Waals surface area contributed by atoms with Crippen molar-refractivity contribution in [1.82, 2.24) is 4.90 Å². The quantitative estimate of drug-likeness (QED) is 0.584. The van der Waals surface area contributed by atoms with Crippen molar-refractivity contribution in [3.63, 3.8) is 0 Å². The van der Waals surface area contributed by atoms with Crippen molar-refractivity contribution in [2.45, 2.75) is 19.3 Å². The van der Waals surface area contributed by atoms with Crippen molar-refractivity contribution in [2.75, 3.05) is 19.6 Å². The molecule has 1 N–H and O–H groups in total. The van der Waals surface area contributed by atoms with E-state index in [-0.39, 0.29) is 36.1 Å². The molecule has 0 aromatic carbocycles. The summed E-state index contributed by atoms with van der Waals surface area (Å²) in [6.07, 6.45) is 3.58. The van der Waals surface area contributed by atoms with Crippen LogP contribution in [0.15, 0.2) is 0 Å². The molecule has 3 nitrogen and oxygen atoms in total. The summed E-state index contributed by atoms with van der Waals surface area (Å²) < 4.78 is 0. The number of piperidine rings is 1. The maximum atomic E-state index is 10.2. The molecule has 0 bridgehead atoms. The fraction of sp³-hybridized carbons (Fsp3) is 0.857. The molecule has 1 aliphatic rings. The first-order valence-corrected chi connectivity index (χ1v) is 3.73. The summed E-state index contributed by atoms with van der Waals surface area (Å²) >= 11 is 0. The Bertz CT molecular complexity index is 124. The first-order valence-electron chi connectivity index (χ1n) is 3.73. The molecule has 0 aromatic heterocycles. The van der Waals surface area contributed by atoms with Crippen molar-refractivity contribution in [3.05, 3.63) is 0 Å². The predicted octanol–water partition coefficient (Wildman–Crippen LogP) is -0.0916. The van der Waals surface area contributed by atoms with Gasteiger partial charge in [0, 0.05) is 0 Å². The van der Waals surface area contributed by atoms with Crippen molar-refractivity contribution in [2.24, 2.45) is 0 Å². The van der Waals surface area contributed by atoms with Crippen LogP contribution in [-0.2, 0) is 4.79 Å². The number of nitrogens with zero attached hydrogens (tertiary/aromatic N) is 1. The number of carboxylic acid groups (broad SMARTS) is 1. The van der Waals surface area contributed by atoms with E-state index in [2.05, 4.69) is 0 Å². The number of likely N-dealkylation sites (tertiary alicyclic amines) is 1. The molecule has 1 fully saturated rings. The minimum absolute atomic E-state index is 0. The van der Waals surface area contributed by atoms with Gasteiger partial charge in [0.15, 0.2) is 0 Å². The van der Waals surface area contributed by atoms with Crippen LogP contribution >= 0.6 is 0 Å². The number of rotatable bonds is 2. The van der Waals surface area contributed by atoms with Gasteiger partial charge >= 0.3 is 35.5 Å². The van der Waals surface area contributed by atoms with E-state index >= 15 is 0 Å². The van der Waals surface area contributed by atoms with Crippen molar-refractivity contribution in [1.29, 1.82) is 0 Å². The average Bonchev–Trinajstić information content (AvgIpc) is 1.88. The molecule has 60 valence electrons. The third-order valence-corrected chi connectivity index (χ3v) is 1.81. The van der Waals surface area contributed by atoms with Crippen LogP contribution in [0.5, 0.6) is 0 Å². The standard InChI is InChI=1S/C7H13NO2.Na.H/c9-7(10)6-8-4-2-1-3-5-8;;/h1-6H2,(H,9,10);;. The zero-order chi connectivity index (χ0) is 7.40. The van der Waals surface area contributed by atoms with Crippen LogP contribution in [0, 0.1) is 0 Å². The Balaban J connectivity index is 0.000001000. The van der Waals surface area contributed by atoms with E-state index in [1.54, 1.807) is 0 Å². The van der Waals surface area contributed by atoms with Gasteiger partial charge in [0.05, 0.1) is 6.54 Å². The molecule has 0 radical (unpaired) electrons. The molecule has 4 heteroatoms. The molecule has 11 heavy (non-hydrogen) atoms. The fourth-order valence-electron chi connectivity index (χ4n) is 1.31. The van der Waals surface area contributed by atoms with Gasteiger partial charge < -0.3 is 5.11 Å². The number of hydrogen-bond acceptors (Lipinski definition) is 2. The average molecular weight is 167 g/mol. The monoisotopic (exact) mass is 167 g/mol. The zero-order valence-electron chi connectivity index (χ0n) is 6.05. The number of aliphatic carboxylic acids is 1. The second-order valence-corrected chi connectivity index (χ2v) is 2.73. The summed E-state index contributed by atoms with van der Waals surface area (Å²) in [5, 5.41) is 8.42. The van der Waals surface area contributed by atoms with E-state index in [0.717, 1.165) is 25.9 Å². The Morgan fingerprint density at radius 3 is 2.27 bits per heavy atom. The van der Waals surface area contributed by atoms with Gasteiger partial charge in [-0.1, -0.05) is 6.42 Å². The van der Waals surface area contributed by atoms with E-state index in [1.165, 1.54) is 6.42 Å². The van der Waals surface area contributed by atoms with Crippen LogP contribution in [0.4, 0.5) is 0 Å². The maximum absolute atomic E-state index is 10.2. The van der Waals surface area contributed by atoms with Gasteiger partial charge in [-0.25, -0.2) is 0 Å². The SMILES string of the molecule is O=C(O)CN1CCCCC1.[NaH]. The van der Waals surface area contributed by atoms with Gasteiger partial charge in [-0.2, -0.15) is 0 Å². The van der Waals surface area contributed by atoms with E-state index in [9.17, 15) is 4.79 Å². The van der Waals surface area contributed by atoms with Crippen LogP contribution in [0.3, 0.4) is 0 Å². The molecule has 1 aliphatic heterocycles. The van der Waals surface area contributed by atoms with Gasteiger partial charge in [-0.15, -0.1) is 0 Å². The number of hydrogen-bond donors (Lipinski definition) is 1. The van der Waals surface area contributed by atoms with Gasteiger partial charge in [-0.3, -0.25) is 9.69 Å². The normalized spacial score (nSPS) is 18.9. The van der Waals surface area contributed by atoms with E-state index in [4.69, 9.17) is 5.11 Å². The van der Waals surface area contributed by atoms with Crippen LogP contribution in [-0.4, -0.2) is 65.2 Å². The Kier molecular flexibility index (Phi) is 6.24. The molecule has 0 spiro atoms. The van der Waals surface area contributed by atoms with Crippen LogP contribution in [0.2, 0.25) is 0 Å². The molecule has 1 rings (SSSR count). The molecule has 0 aliphatic carbocycles. The van der Waals surface area contributed by atoms with E-state index < -0.39 is 5.97 Å². The Hall–Kier alpha value is 0.430. The number of carbonyl (C=O) groups is 1. The third kappa shape index (κ3) is 4.80. The molecule has 1 heterocycles. The summed E-state index contributed by atoms with van der Waals surface area (Å²) in [6, 6.07) is 0. The Morgan fingerprint density at radius 1 is 1.27 bits per heavy atom. The zero-order valence-corrected chi connectivity index (χ0v) is 6.05. The molecule has 0 atom stereocenters. The summed E-state index contributed by atoms with van der Waals surface area (Å²) in [5.74, 6) is -0.707. The summed E-state index contributed by atoms with van der Waals surface area (Å²) in [4.78, 5) is 12.2. The van der Waals surface area contributed by atoms with Crippen molar-refractivity contribution < 1.29 is 9.90 Å². The fourth-order valence-corrected chi connectivity index (χ4v) is 1.31. The Morgan fingerprint density at radius 2 is 1.82 bits per heavy atom. The summed E-state index contributed by atoms with van der Waals surface area (Å²) in [6.45, 7) is 2.15. The van der Waals surface area contributed by atoms with E-state index in [1.807, 2.05) is 4.90 Å². The van der Waals surface area contributed by atoms with Crippen molar-refractivity contribution >= 4 is 35.5 Å². The van der Waals surface area contributed by atoms with Crippen molar-refractivity contribution in [3.8, 4) is 0 Å². The molecular formula is C7H14NNaO2. The first kappa shape index (κ1) is 11.4. The van der Waals surface area contributed by atoms with Gasteiger partial charge in [0.1, 0.15) is 0 Å². The molecule has 0 saturated carbocycles. The van der Waals surface area contributed by atoms with Gasteiger partial charge in [-0.05, 0) is 25.9 Å². The van der Waals surface area contributed by atoms with E-state index in [0.29, 0.717) is 0 Å². The van der Waals surface area contributed by atoms with Gasteiger partial charge in [0.25, 0.3) is 0 Å². The summed E-state index contributed by atoms with van der Waals surface area (Å²) in [5.41, 5.74) is 0. The van der Waals surface area contributed by atoms with Crippen LogP contribution in [0.25, 0.3) is 0 Å². The predicted molar refractivity (Wildman–Crippen MR) is 45.1 cm³/mol. The molecule has 0 aromatic rings. The minimum atomic E-state index is -0.707. The molecule has 0 amide bonds. The first-order chi connectivity index (χ1) is 4.79. The second-order valence-electron chi connectivity index (χ2n) is 2.73. The Labute approximate surface area is 89.1 Å². The van der Waals surface area contributed by atoms with Crippen LogP contribution < -0.4 is 0 Å².